The molecule has 2 heterocycles. The van der Waals surface area contributed by atoms with E-state index >= 15 is 0 Å². The summed E-state index contributed by atoms with van der Waals surface area (Å²) >= 11 is 0. The topological polar surface area (TPSA) is 93.5 Å². The minimum absolute atomic E-state index is 0.219. The average Bonchev–Trinajstić information content (AvgIpc) is 3.06. The van der Waals surface area contributed by atoms with Gasteiger partial charge in [-0.25, -0.2) is 22.6 Å². The molecule has 1 unspecified atom stereocenters. The zero-order valence-corrected chi connectivity index (χ0v) is 15.2. The molecular weight excluding hydrogens is 363 g/mol. The highest BCUT2D eigenvalue weighted by Crippen LogP contribution is 2.28. The number of nitrogens with zero attached hydrogens (tertiary/aromatic N) is 3. The summed E-state index contributed by atoms with van der Waals surface area (Å²) in [6, 6.07) is 2.66. The fourth-order valence-corrected chi connectivity index (χ4v) is 4.56. The Morgan fingerprint density at radius 2 is 2.19 bits per heavy atom. The first-order chi connectivity index (χ1) is 12.4. The molecule has 1 aromatic heterocycles. The van der Waals surface area contributed by atoms with E-state index in [4.69, 9.17) is 0 Å². The molecule has 1 atom stereocenters. The van der Waals surface area contributed by atoms with Crippen molar-refractivity contribution in [3.8, 4) is 0 Å². The zero-order chi connectivity index (χ0) is 18.9. The Hall–Kier alpha value is -2.30. The molecule has 1 saturated heterocycles. The molecule has 10 heteroatoms. The number of rotatable bonds is 4. The maximum absolute atomic E-state index is 14.2. The monoisotopic (exact) mass is 382 g/mol. The molecule has 0 saturated carbocycles. The van der Waals surface area contributed by atoms with Gasteiger partial charge in [-0.15, -0.1) is 0 Å². The molecule has 3 rings (SSSR count). The highest BCUT2D eigenvalue weighted by Gasteiger charge is 2.36. The van der Waals surface area contributed by atoms with Gasteiger partial charge >= 0.3 is 5.97 Å². The zero-order valence-electron chi connectivity index (χ0n) is 14.3. The van der Waals surface area contributed by atoms with Crippen molar-refractivity contribution in [1.29, 1.82) is 0 Å². The van der Waals surface area contributed by atoms with Gasteiger partial charge in [-0.3, -0.25) is 0 Å². The van der Waals surface area contributed by atoms with Crippen molar-refractivity contribution in [2.24, 2.45) is 7.05 Å². The summed E-state index contributed by atoms with van der Waals surface area (Å²) in [6.45, 7) is 1.09. The number of piperazine rings is 1. The molecule has 1 N–H and O–H groups in total. The number of aromatic nitrogens is 2. The highest BCUT2D eigenvalue weighted by molar-refractivity contribution is 7.89. The predicted molar refractivity (Wildman–Crippen MR) is 90.5 cm³/mol. The maximum Gasteiger partial charge on any atom is 0.340 e. The van der Waals surface area contributed by atoms with Gasteiger partial charge in [0, 0.05) is 39.1 Å². The van der Waals surface area contributed by atoms with Crippen LogP contribution in [0.15, 0.2) is 35.5 Å². The van der Waals surface area contributed by atoms with Crippen LogP contribution in [0.2, 0.25) is 0 Å². The van der Waals surface area contributed by atoms with Crippen LogP contribution in [0, 0.1) is 5.82 Å². The van der Waals surface area contributed by atoms with Gasteiger partial charge in [0.1, 0.15) is 11.6 Å². The van der Waals surface area contributed by atoms with Crippen LogP contribution in [0.5, 0.6) is 0 Å². The van der Waals surface area contributed by atoms with Crippen molar-refractivity contribution in [1.82, 2.24) is 19.2 Å². The molecule has 0 amide bonds. The summed E-state index contributed by atoms with van der Waals surface area (Å²) in [4.78, 5) is 15.5. The first kappa shape index (κ1) is 18.5. The number of carbonyl (C=O) groups is 1. The Bertz CT molecular complexity index is 928. The Balaban J connectivity index is 1.99. The summed E-state index contributed by atoms with van der Waals surface area (Å²) in [5, 5.41) is 3.15. The molecule has 0 bridgehead atoms. The number of carbonyl (C=O) groups excluding carboxylic acids is 1. The molecule has 1 fully saturated rings. The lowest BCUT2D eigenvalue weighted by Crippen LogP contribution is -2.49. The van der Waals surface area contributed by atoms with Crippen molar-refractivity contribution in [2.75, 3.05) is 26.7 Å². The summed E-state index contributed by atoms with van der Waals surface area (Å²) in [5.41, 5.74) is -0.313. The fraction of sp³-hybridized carbons (Fsp3) is 0.375. The van der Waals surface area contributed by atoms with Crippen LogP contribution in [0.1, 0.15) is 22.2 Å². The van der Waals surface area contributed by atoms with Gasteiger partial charge in [0.25, 0.3) is 0 Å². The number of halogens is 1. The minimum Gasteiger partial charge on any atom is -0.465 e. The lowest BCUT2D eigenvalue weighted by atomic mass is 10.2. The van der Waals surface area contributed by atoms with E-state index < -0.39 is 27.9 Å². The first-order valence-corrected chi connectivity index (χ1v) is 9.38. The number of imidazole rings is 1. The van der Waals surface area contributed by atoms with E-state index in [9.17, 15) is 17.6 Å². The molecule has 0 spiro atoms. The van der Waals surface area contributed by atoms with Crippen LogP contribution in [0.4, 0.5) is 4.39 Å². The number of methoxy groups -OCH3 is 1. The van der Waals surface area contributed by atoms with E-state index in [2.05, 4.69) is 15.0 Å². The third-order valence-corrected chi connectivity index (χ3v) is 6.21. The third-order valence-electron chi connectivity index (χ3n) is 4.30. The van der Waals surface area contributed by atoms with Gasteiger partial charge in [0.05, 0.1) is 23.6 Å². The van der Waals surface area contributed by atoms with Crippen LogP contribution in [0.25, 0.3) is 0 Å². The van der Waals surface area contributed by atoms with E-state index in [-0.39, 0.29) is 17.0 Å². The van der Waals surface area contributed by atoms with Gasteiger partial charge in [0.2, 0.25) is 10.0 Å². The normalized spacial score (nSPS) is 18.7. The van der Waals surface area contributed by atoms with Gasteiger partial charge in [-0.2, -0.15) is 4.31 Å². The molecule has 0 radical (unpaired) electrons. The molecule has 1 aromatic carbocycles. The number of benzene rings is 1. The largest absolute Gasteiger partial charge is 0.465 e. The Morgan fingerprint density at radius 1 is 1.42 bits per heavy atom. The number of esters is 1. The number of hydrogen-bond acceptors (Lipinski definition) is 6. The van der Waals surface area contributed by atoms with Crippen molar-refractivity contribution >= 4 is 16.0 Å². The average molecular weight is 382 g/mol. The Kier molecular flexibility index (Phi) is 5.08. The van der Waals surface area contributed by atoms with Crippen LogP contribution in [-0.4, -0.2) is 55.0 Å². The second-order valence-corrected chi connectivity index (χ2v) is 7.76. The smallest absolute Gasteiger partial charge is 0.340 e. The summed E-state index contributed by atoms with van der Waals surface area (Å²) in [6.07, 6.45) is 3.33. The molecule has 8 nitrogen and oxygen atoms in total. The predicted octanol–water partition coefficient (Wildman–Crippen LogP) is 0.681. The third kappa shape index (κ3) is 3.22. The van der Waals surface area contributed by atoms with Crippen LogP contribution >= 0.6 is 0 Å². The number of nitrogens with one attached hydrogen (secondary N) is 1. The van der Waals surface area contributed by atoms with E-state index in [1.165, 1.54) is 10.4 Å². The maximum atomic E-state index is 14.2. The van der Waals surface area contributed by atoms with Crippen LogP contribution in [-0.2, 0) is 21.8 Å². The van der Waals surface area contributed by atoms with E-state index in [1.54, 1.807) is 24.0 Å². The van der Waals surface area contributed by atoms with Crippen LogP contribution in [0.3, 0.4) is 0 Å². The van der Waals surface area contributed by atoms with E-state index in [1.807, 2.05) is 0 Å². The standard InChI is InChI=1S/C16H19FN4O4S/c1-20-7-6-19-15(20)14-10-18-5-8-21(14)26(23,24)11-3-4-12(13(17)9-11)16(22)25-2/h3-4,6-7,9,14,18H,5,8,10H2,1-2H3. The molecular formula is C16H19FN4O4S. The first-order valence-electron chi connectivity index (χ1n) is 7.94. The molecule has 1 aliphatic heterocycles. The lowest BCUT2D eigenvalue weighted by Gasteiger charge is -2.34. The number of aryl methyl sites for hydroxylation is 1. The van der Waals surface area contributed by atoms with Crippen molar-refractivity contribution in [2.45, 2.75) is 10.9 Å². The number of ether oxygens (including phenoxy) is 1. The highest BCUT2D eigenvalue weighted by atomic mass is 32.2. The number of hydrogen-bond donors (Lipinski definition) is 1. The molecule has 0 aliphatic carbocycles. The molecule has 26 heavy (non-hydrogen) atoms. The van der Waals surface area contributed by atoms with Crippen LogP contribution < -0.4 is 5.32 Å². The van der Waals surface area contributed by atoms with Gasteiger partial charge in [-0.1, -0.05) is 0 Å². The van der Waals surface area contributed by atoms with Crippen molar-refractivity contribution in [3.63, 3.8) is 0 Å². The van der Waals surface area contributed by atoms with Gasteiger partial charge < -0.3 is 14.6 Å². The lowest BCUT2D eigenvalue weighted by molar-refractivity contribution is 0.0595. The SMILES string of the molecule is COC(=O)c1ccc(S(=O)(=O)N2CCNCC2c2nccn2C)cc1F. The Labute approximate surface area is 150 Å². The molecule has 1 aliphatic rings. The van der Waals surface area contributed by atoms with Gasteiger partial charge in [0.15, 0.2) is 0 Å². The van der Waals surface area contributed by atoms with Crippen molar-refractivity contribution < 1.29 is 22.3 Å². The molecule has 2 aromatic rings. The second-order valence-electron chi connectivity index (χ2n) is 5.87. The second kappa shape index (κ2) is 7.14. The van der Waals surface area contributed by atoms with Gasteiger partial charge in [-0.05, 0) is 18.2 Å². The van der Waals surface area contributed by atoms with E-state index in [0.717, 1.165) is 19.2 Å². The quantitative estimate of drug-likeness (QED) is 0.782. The Morgan fingerprint density at radius 3 is 2.81 bits per heavy atom. The molecule has 140 valence electrons. The van der Waals surface area contributed by atoms with Crippen molar-refractivity contribution in [3.05, 3.63) is 47.8 Å². The summed E-state index contributed by atoms with van der Waals surface area (Å²) in [5.74, 6) is -1.21. The summed E-state index contributed by atoms with van der Waals surface area (Å²) < 4.78 is 47.9. The summed E-state index contributed by atoms with van der Waals surface area (Å²) in [7, 11) is -1.06. The minimum atomic E-state index is -3.98. The fourth-order valence-electron chi connectivity index (χ4n) is 2.96. The van der Waals surface area contributed by atoms with E-state index in [0.29, 0.717) is 18.9 Å². The number of sulfonamides is 1.